The molecule has 0 aliphatic carbocycles. The molecule has 0 radical (unpaired) electrons. The highest BCUT2D eigenvalue weighted by atomic mass is 16.4. The van der Waals surface area contributed by atoms with Crippen LogP contribution in [0.25, 0.3) is 10.9 Å². The Balaban J connectivity index is 1.93. The Morgan fingerprint density at radius 1 is 1.32 bits per heavy atom. The third-order valence-corrected chi connectivity index (χ3v) is 4.44. The zero-order valence-corrected chi connectivity index (χ0v) is 14.1. The molecule has 7 nitrogen and oxygen atoms in total. The zero-order chi connectivity index (χ0) is 18.0. The van der Waals surface area contributed by atoms with Crippen LogP contribution in [0.5, 0.6) is 0 Å². The van der Waals surface area contributed by atoms with Gasteiger partial charge in [0.25, 0.3) is 11.5 Å². The predicted octanol–water partition coefficient (Wildman–Crippen LogP) is 1.72. The first kappa shape index (κ1) is 17.1. The van der Waals surface area contributed by atoms with E-state index in [0.717, 1.165) is 31.5 Å². The van der Waals surface area contributed by atoms with Crippen LogP contribution >= 0.6 is 0 Å². The van der Waals surface area contributed by atoms with Gasteiger partial charge < -0.3 is 10.4 Å². The minimum absolute atomic E-state index is 0.0619. The summed E-state index contributed by atoms with van der Waals surface area (Å²) < 4.78 is 1.74. The topological polar surface area (TPSA) is 101 Å². The second-order valence-corrected chi connectivity index (χ2v) is 6.50. The maximum absolute atomic E-state index is 12.7. The quantitative estimate of drug-likeness (QED) is 0.880. The molecule has 7 heteroatoms. The van der Waals surface area contributed by atoms with Crippen LogP contribution in [0.1, 0.15) is 48.8 Å². The minimum Gasteiger partial charge on any atom is -0.481 e. The Kier molecular flexibility index (Phi) is 4.83. The molecular weight excluding hydrogens is 322 g/mol. The van der Waals surface area contributed by atoms with Crippen LogP contribution < -0.4 is 10.9 Å². The molecule has 1 amide bonds. The van der Waals surface area contributed by atoms with Crippen LogP contribution in [0.15, 0.2) is 23.0 Å². The van der Waals surface area contributed by atoms with Gasteiger partial charge in [-0.15, -0.1) is 0 Å². The van der Waals surface area contributed by atoms with E-state index in [0.29, 0.717) is 23.0 Å². The van der Waals surface area contributed by atoms with Crippen molar-refractivity contribution >= 4 is 22.8 Å². The summed E-state index contributed by atoms with van der Waals surface area (Å²) in [5, 5.41) is 11.9. The molecule has 1 unspecified atom stereocenters. The first-order chi connectivity index (χ1) is 12.0. The number of aromatic nitrogens is 2. The summed E-state index contributed by atoms with van der Waals surface area (Å²) in [5.41, 5.74) is 0.819. The Bertz CT molecular complexity index is 888. The molecule has 132 valence electrons. The van der Waals surface area contributed by atoms with Gasteiger partial charge in [-0.1, -0.05) is 6.42 Å². The summed E-state index contributed by atoms with van der Waals surface area (Å²) in [4.78, 5) is 40.3. The van der Waals surface area contributed by atoms with Gasteiger partial charge in [0.15, 0.2) is 0 Å². The molecule has 3 rings (SSSR count). The molecule has 0 spiro atoms. The second kappa shape index (κ2) is 7.04. The number of nitrogens with zero attached hydrogens (tertiary/aromatic N) is 2. The zero-order valence-electron chi connectivity index (χ0n) is 14.1. The van der Waals surface area contributed by atoms with Gasteiger partial charge in [-0.2, -0.15) is 0 Å². The number of hydrogen-bond acceptors (Lipinski definition) is 4. The fourth-order valence-corrected chi connectivity index (χ4v) is 3.18. The predicted molar refractivity (Wildman–Crippen MR) is 92.7 cm³/mol. The summed E-state index contributed by atoms with van der Waals surface area (Å²) in [6.45, 7) is 2.32. The van der Waals surface area contributed by atoms with E-state index in [4.69, 9.17) is 5.11 Å². The summed E-state index contributed by atoms with van der Waals surface area (Å²) in [6.07, 6.45) is 3.67. The van der Waals surface area contributed by atoms with E-state index >= 15 is 0 Å². The van der Waals surface area contributed by atoms with Crippen molar-refractivity contribution in [1.82, 2.24) is 14.9 Å². The molecule has 0 fully saturated rings. The molecular formula is C18H21N3O4. The van der Waals surface area contributed by atoms with Gasteiger partial charge >= 0.3 is 5.97 Å². The summed E-state index contributed by atoms with van der Waals surface area (Å²) >= 11 is 0. The van der Waals surface area contributed by atoms with Crippen LogP contribution in [0.2, 0.25) is 0 Å². The average molecular weight is 343 g/mol. The Hall–Kier alpha value is -2.70. The fourth-order valence-electron chi connectivity index (χ4n) is 3.18. The van der Waals surface area contributed by atoms with E-state index in [1.54, 1.807) is 29.7 Å². The number of carboxylic acid groups (broad SMARTS) is 1. The van der Waals surface area contributed by atoms with Crippen LogP contribution in [0, 0.1) is 0 Å². The van der Waals surface area contributed by atoms with Gasteiger partial charge in [-0.3, -0.25) is 19.0 Å². The van der Waals surface area contributed by atoms with Crippen LogP contribution in [0.3, 0.4) is 0 Å². The first-order valence-electron chi connectivity index (χ1n) is 8.52. The molecule has 1 aromatic heterocycles. The third kappa shape index (κ3) is 3.70. The van der Waals surface area contributed by atoms with Crippen molar-refractivity contribution in [2.24, 2.45) is 0 Å². The second-order valence-electron chi connectivity index (χ2n) is 6.50. The van der Waals surface area contributed by atoms with Crippen LogP contribution in [-0.2, 0) is 17.8 Å². The van der Waals surface area contributed by atoms with Gasteiger partial charge in [0.1, 0.15) is 5.82 Å². The largest absolute Gasteiger partial charge is 0.481 e. The first-order valence-corrected chi connectivity index (χ1v) is 8.52. The van der Waals surface area contributed by atoms with Crippen LogP contribution in [0.4, 0.5) is 0 Å². The highest BCUT2D eigenvalue weighted by Gasteiger charge is 2.16. The number of fused-ring (bicyclic) bond motifs is 2. The van der Waals surface area contributed by atoms with Crippen molar-refractivity contribution < 1.29 is 14.7 Å². The number of rotatable bonds is 4. The molecule has 0 saturated carbocycles. The molecule has 0 saturated heterocycles. The number of carboxylic acids is 1. The highest BCUT2D eigenvalue weighted by Crippen LogP contribution is 2.16. The highest BCUT2D eigenvalue weighted by molar-refractivity contribution is 5.98. The Morgan fingerprint density at radius 2 is 2.12 bits per heavy atom. The number of nitrogens with one attached hydrogen (secondary N) is 1. The monoisotopic (exact) mass is 343 g/mol. The van der Waals surface area contributed by atoms with E-state index in [1.807, 2.05) is 0 Å². The molecule has 2 aromatic rings. The molecule has 2 heterocycles. The number of carbonyl (C=O) groups excluding carboxylic acids is 1. The lowest BCUT2D eigenvalue weighted by Gasteiger charge is -2.13. The molecule has 1 atom stereocenters. The lowest BCUT2D eigenvalue weighted by molar-refractivity contribution is -0.137. The van der Waals surface area contributed by atoms with Crippen molar-refractivity contribution in [3.8, 4) is 0 Å². The van der Waals surface area contributed by atoms with Crippen molar-refractivity contribution in [2.45, 2.75) is 51.6 Å². The number of hydrogen-bond donors (Lipinski definition) is 2. The molecule has 1 aliphatic heterocycles. The molecule has 0 bridgehead atoms. The van der Waals surface area contributed by atoms with Crippen molar-refractivity contribution in [3.05, 3.63) is 39.9 Å². The number of carbonyl (C=O) groups is 2. The van der Waals surface area contributed by atoms with Crippen molar-refractivity contribution in [1.29, 1.82) is 0 Å². The standard InChI is InChI=1S/C18H21N3O4/c1-11(9-16(22)23)19-17(24)12-6-7-13-14(10-12)20-15-5-3-2-4-8-21(15)18(13)25/h6-7,10-11H,2-5,8-9H2,1H3,(H,19,24)(H,22,23). The van der Waals surface area contributed by atoms with E-state index in [-0.39, 0.29) is 17.9 Å². The maximum Gasteiger partial charge on any atom is 0.305 e. The van der Waals surface area contributed by atoms with Gasteiger partial charge in [0.05, 0.1) is 17.3 Å². The van der Waals surface area contributed by atoms with E-state index in [1.165, 1.54) is 0 Å². The number of aliphatic carboxylic acids is 1. The van der Waals surface area contributed by atoms with Gasteiger partial charge in [-0.05, 0) is 38.0 Å². The summed E-state index contributed by atoms with van der Waals surface area (Å²) in [6, 6.07) is 4.33. The van der Waals surface area contributed by atoms with Crippen molar-refractivity contribution in [2.75, 3.05) is 0 Å². The lowest BCUT2D eigenvalue weighted by atomic mass is 10.1. The van der Waals surface area contributed by atoms with Gasteiger partial charge in [0.2, 0.25) is 0 Å². The maximum atomic E-state index is 12.7. The van der Waals surface area contributed by atoms with E-state index in [2.05, 4.69) is 10.3 Å². The molecule has 25 heavy (non-hydrogen) atoms. The normalized spacial score (nSPS) is 15.2. The Labute approximate surface area is 144 Å². The van der Waals surface area contributed by atoms with Gasteiger partial charge in [-0.25, -0.2) is 4.98 Å². The smallest absolute Gasteiger partial charge is 0.305 e. The van der Waals surface area contributed by atoms with Gasteiger partial charge in [0, 0.05) is 24.6 Å². The number of aryl methyl sites for hydroxylation is 1. The minimum atomic E-state index is -0.969. The number of benzene rings is 1. The average Bonchev–Trinajstić information content (AvgIpc) is 2.79. The summed E-state index contributed by atoms with van der Waals surface area (Å²) in [7, 11) is 0. The molecule has 1 aromatic carbocycles. The summed E-state index contributed by atoms with van der Waals surface area (Å²) in [5.74, 6) is -0.567. The SMILES string of the molecule is CC(CC(=O)O)NC(=O)c1ccc2c(=O)n3c(nc2c1)CCCCC3. The third-order valence-electron chi connectivity index (χ3n) is 4.44. The van der Waals surface area contributed by atoms with Crippen molar-refractivity contribution in [3.63, 3.8) is 0 Å². The van der Waals surface area contributed by atoms with E-state index < -0.39 is 12.0 Å². The Morgan fingerprint density at radius 3 is 2.88 bits per heavy atom. The fraction of sp³-hybridized carbons (Fsp3) is 0.444. The molecule has 2 N–H and O–H groups in total. The molecule has 1 aliphatic rings. The van der Waals surface area contributed by atoms with Crippen LogP contribution in [-0.4, -0.2) is 32.6 Å². The lowest BCUT2D eigenvalue weighted by Crippen LogP contribution is -2.34. The van der Waals surface area contributed by atoms with E-state index in [9.17, 15) is 14.4 Å². The number of amides is 1.